The molecule has 0 spiro atoms. The average Bonchev–Trinajstić information content (AvgIpc) is 2.42. The van der Waals surface area contributed by atoms with E-state index in [-0.39, 0.29) is 5.56 Å². The number of benzene rings is 1. The summed E-state index contributed by atoms with van der Waals surface area (Å²) < 4.78 is 1.41. The summed E-state index contributed by atoms with van der Waals surface area (Å²) >= 11 is 6.19. The second-order valence-corrected chi connectivity index (χ2v) is 6.02. The summed E-state index contributed by atoms with van der Waals surface area (Å²) in [5.74, 6) is 0.513. The van der Waals surface area contributed by atoms with Crippen molar-refractivity contribution < 1.29 is 0 Å². The van der Waals surface area contributed by atoms with Gasteiger partial charge in [0.05, 0.1) is 18.4 Å². The molecule has 1 N–H and O–H groups in total. The molecule has 21 heavy (non-hydrogen) atoms. The molecule has 0 bridgehead atoms. The molecule has 0 amide bonds. The van der Waals surface area contributed by atoms with Crippen molar-refractivity contribution in [3.8, 4) is 0 Å². The topological polar surface area (TPSA) is 46.9 Å². The van der Waals surface area contributed by atoms with Gasteiger partial charge in [0.15, 0.2) is 0 Å². The lowest BCUT2D eigenvalue weighted by atomic mass is 10.1. The SMILES string of the molecule is Cc1ccc(Cn2ncc(NCC(C)C)cc2=O)c(Cl)c1. The number of rotatable bonds is 5. The Morgan fingerprint density at radius 1 is 1.33 bits per heavy atom. The van der Waals surface area contributed by atoms with Crippen LogP contribution in [0.1, 0.15) is 25.0 Å². The van der Waals surface area contributed by atoms with E-state index < -0.39 is 0 Å². The molecular formula is C16H20ClN3O. The highest BCUT2D eigenvalue weighted by Crippen LogP contribution is 2.18. The van der Waals surface area contributed by atoms with Crippen LogP contribution in [0.3, 0.4) is 0 Å². The third-order valence-corrected chi connectivity index (χ3v) is 3.46. The third kappa shape index (κ3) is 4.33. The third-order valence-electron chi connectivity index (χ3n) is 3.11. The van der Waals surface area contributed by atoms with Gasteiger partial charge in [0, 0.05) is 17.6 Å². The van der Waals surface area contributed by atoms with Crippen molar-refractivity contribution in [2.75, 3.05) is 11.9 Å². The Morgan fingerprint density at radius 2 is 2.10 bits per heavy atom. The number of aryl methyl sites for hydroxylation is 1. The number of nitrogens with zero attached hydrogens (tertiary/aromatic N) is 2. The molecule has 0 fully saturated rings. The summed E-state index contributed by atoms with van der Waals surface area (Å²) in [6, 6.07) is 7.36. The molecule has 1 aromatic heterocycles. The van der Waals surface area contributed by atoms with Crippen LogP contribution in [0.15, 0.2) is 35.3 Å². The highest BCUT2D eigenvalue weighted by atomic mass is 35.5. The minimum absolute atomic E-state index is 0.139. The molecule has 0 saturated heterocycles. The summed E-state index contributed by atoms with van der Waals surface area (Å²) in [7, 11) is 0. The zero-order chi connectivity index (χ0) is 15.4. The Balaban J connectivity index is 2.16. The van der Waals surface area contributed by atoms with E-state index in [1.165, 1.54) is 4.68 Å². The first-order valence-electron chi connectivity index (χ1n) is 7.02. The molecule has 2 rings (SSSR count). The monoisotopic (exact) mass is 305 g/mol. The van der Waals surface area contributed by atoms with E-state index in [4.69, 9.17) is 11.6 Å². The van der Waals surface area contributed by atoms with Gasteiger partial charge in [-0.15, -0.1) is 0 Å². The van der Waals surface area contributed by atoms with E-state index in [0.29, 0.717) is 17.5 Å². The normalized spacial score (nSPS) is 10.9. The van der Waals surface area contributed by atoms with Crippen molar-refractivity contribution >= 4 is 17.3 Å². The lowest BCUT2D eigenvalue weighted by Gasteiger charge is -2.10. The molecule has 0 unspecified atom stereocenters. The molecule has 0 saturated carbocycles. The molecule has 0 aliphatic carbocycles. The van der Waals surface area contributed by atoms with E-state index in [2.05, 4.69) is 24.3 Å². The zero-order valence-electron chi connectivity index (χ0n) is 12.6. The Labute approximate surface area is 129 Å². The fourth-order valence-electron chi connectivity index (χ4n) is 1.91. The van der Waals surface area contributed by atoms with E-state index in [1.807, 2.05) is 25.1 Å². The van der Waals surface area contributed by atoms with Crippen LogP contribution in [0, 0.1) is 12.8 Å². The van der Waals surface area contributed by atoms with Gasteiger partial charge >= 0.3 is 0 Å². The second-order valence-electron chi connectivity index (χ2n) is 5.61. The standard InChI is InChI=1S/C16H20ClN3O/c1-11(2)8-18-14-7-16(21)20(19-9-14)10-13-5-4-12(3)6-15(13)17/h4-7,9,11,18H,8,10H2,1-3H3. The zero-order valence-corrected chi connectivity index (χ0v) is 13.3. The first-order chi connectivity index (χ1) is 9.95. The fraction of sp³-hybridized carbons (Fsp3) is 0.375. The van der Waals surface area contributed by atoms with Gasteiger partial charge in [0.25, 0.3) is 5.56 Å². The minimum atomic E-state index is -0.139. The quantitative estimate of drug-likeness (QED) is 0.922. The maximum Gasteiger partial charge on any atom is 0.269 e. The highest BCUT2D eigenvalue weighted by Gasteiger charge is 2.05. The van der Waals surface area contributed by atoms with Gasteiger partial charge in [-0.25, -0.2) is 4.68 Å². The van der Waals surface area contributed by atoms with Crippen molar-refractivity contribution in [2.24, 2.45) is 5.92 Å². The Hall–Kier alpha value is -1.81. The minimum Gasteiger partial charge on any atom is -0.383 e. The Bertz CT molecular complexity index is 679. The van der Waals surface area contributed by atoms with Crippen molar-refractivity contribution in [1.82, 2.24) is 9.78 Å². The van der Waals surface area contributed by atoms with Crippen LogP contribution in [-0.2, 0) is 6.54 Å². The molecule has 4 nitrogen and oxygen atoms in total. The first kappa shape index (κ1) is 15.6. The number of anilines is 1. The van der Waals surface area contributed by atoms with Crippen LogP contribution in [0.4, 0.5) is 5.69 Å². The predicted octanol–water partition coefficient (Wildman–Crippen LogP) is 3.32. The summed E-state index contributed by atoms with van der Waals surface area (Å²) in [5, 5.41) is 8.05. The molecular weight excluding hydrogens is 286 g/mol. The van der Waals surface area contributed by atoms with Crippen LogP contribution >= 0.6 is 11.6 Å². The predicted molar refractivity (Wildman–Crippen MR) is 87.1 cm³/mol. The lowest BCUT2D eigenvalue weighted by molar-refractivity contribution is 0.637. The molecule has 112 valence electrons. The van der Waals surface area contributed by atoms with Crippen molar-refractivity contribution in [1.29, 1.82) is 0 Å². The van der Waals surface area contributed by atoms with Gasteiger partial charge < -0.3 is 5.32 Å². The van der Waals surface area contributed by atoms with Gasteiger partial charge in [-0.3, -0.25) is 4.79 Å². The molecule has 0 aliphatic rings. The summed E-state index contributed by atoms with van der Waals surface area (Å²) in [5.41, 5.74) is 2.59. The average molecular weight is 306 g/mol. The number of halogens is 1. The highest BCUT2D eigenvalue weighted by molar-refractivity contribution is 6.31. The lowest BCUT2D eigenvalue weighted by Crippen LogP contribution is -2.23. The van der Waals surface area contributed by atoms with Crippen molar-refractivity contribution in [3.05, 3.63) is 57.0 Å². The summed E-state index contributed by atoms with van der Waals surface area (Å²) in [6.45, 7) is 7.40. The van der Waals surface area contributed by atoms with Crippen LogP contribution in [0.25, 0.3) is 0 Å². The van der Waals surface area contributed by atoms with Gasteiger partial charge in [-0.1, -0.05) is 37.6 Å². The van der Waals surface area contributed by atoms with Crippen LogP contribution in [0.5, 0.6) is 0 Å². The smallest absolute Gasteiger partial charge is 0.269 e. The number of nitrogens with one attached hydrogen (secondary N) is 1. The molecule has 5 heteroatoms. The van der Waals surface area contributed by atoms with Crippen molar-refractivity contribution in [2.45, 2.75) is 27.3 Å². The number of hydrogen-bond donors (Lipinski definition) is 1. The summed E-state index contributed by atoms with van der Waals surface area (Å²) in [4.78, 5) is 12.1. The molecule has 2 aromatic rings. The van der Waals surface area contributed by atoms with Crippen LogP contribution in [0.2, 0.25) is 5.02 Å². The van der Waals surface area contributed by atoms with E-state index >= 15 is 0 Å². The van der Waals surface area contributed by atoms with Crippen LogP contribution in [-0.4, -0.2) is 16.3 Å². The van der Waals surface area contributed by atoms with Crippen molar-refractivity contribution in [3.63, 3.8) is 0 Å². The van der Waals surface area contributed by atoms with Gasteiger partial charge in [-0.2, -0.15) is 5.10 Å². The molecule has 0 aliphatic heterocycles. The van der Waals surface area contributed by atoms with Gasteiger partial charge in [-0.05, 0) is 30.0 Å². The maximum absolute atomic E-state index is 12.1. The number of hydrogen-bond acceptors (Lipinski definition) is 3. The van der Waals surface area contributed by atoms with Crippen LogP contribution < -0.4 is 10.9 Å². The number of aromatic nitrogens is 2. The largest absolute Gasteiger partial charge is 0.383 e. The molecule has 1 heterocycles. The second kappa shape index (κ2) is 6.76. The van der Waals surface area contributed by atoms with E-state index in [1.54, 1.807) is 12.3 Å². The molecule has 0 atom stereocenters. The van der Waals surface area contributed by atoms with Gasteiger partial charge in [0.1, 0.15) is 0 Å². The first-order valence-corrected chi connectivity index (χ1v) is 7.39. The van der Waals surface area contributed by atoms with Gasteiger partial charge in [0.2, 0.25) is 0 Å². The molecule has 1 aromatic carbocycles. The Kier molecular flexibility index (Phi) is 5.02. The maximum atomic E-state index is 12.1. The van der Waals surface area contributed by atoms with E-state index in [9.17, 15) is 4.79 Å². The fourth-order valence-corrected chi connectivity index (χ4v) is 2.21. The molecule has 0 radical (unpaired) electrons. The van der Waals surface area contributed by atoms with E-state index in [0.717, 1.165) is 23.4 Å². The Morgan fingerprint density at radius 3 is 2.71 bits per heavy atom. The summed E-state index contributed by atoms with van der Waals surface area (Å²) in [6.07, 6.45) is 1.67.